The maximum absolute atomic E-state index is 13.4. The Hall–Kier alpha value is -5.69. The molecule has 13 heteroatoms. The number of fused-ring (bicyclic) bond motifs is 1. The van der Waals surface area contributed by atoms with E-state index in [1.165, 1.54) is 0 Å². The zero-order valence-corrected chi connectivity index (χ0v) is 34.9. The van der Waals surface area contributed by atoms with E-state index >= 15 is 0 Å². The third kappa shape index (κ3) is 9.62. The van der Waals surface area contributed by atoms with Gasteiger partial charge in [0, 0.05) is 43.7 Å². The minimum atomic E-state index is -0.974. The first kappa shape index (κ1) is 42.0. The van der Waals surface area contributed by atoms with Gasteiger partial charge in [0.2, 0.25) is 11.8 Å². The Morgan fingerprint density at radius 1 is 0.770 bits per heavy atom. The number of aromatic hydroxyl groups is 2. The number of anilines is 1. The molecule has 3 saturated heterocycles. The van der Waals surface area contributed by atoms with Gasteiger partial charge in [0.05, 0.1) is 11.1 Å². The molecule has 0 aromatic heterocycles. The predicted molar refractivity (Wildman–Crippen MR) is 235 cm³/mol. The summed E-state index contributed by atoms with van der Waals surface area (Å²) in [6.07, 6.45) is 5.15. The van der Waals surface area contributed by atoms with Gasteiger partial charge >= 0.3 is 0 Å². The first-order valence-corrected chi connectivity index (χ1v) is 21.9. The number of carbonyl (C=O) groups is 4. The molecule has 4 aliphatic rings. The maximum Gasteiger partial charge on any atom is 0.262 e. The third-order valence-electron chi connectivity index (χ3n) is 12.4. The largest absolute Gasteiger partial charge is 0.508 e. The van der Waals surface area contributed by atoms with E-state index in [1.54, 1.807) is 36.4 Å². The molecule has 2 unspecified atom stereocenters. The van der Waals surface area contributed by atoms with E-state index in [2.05, 4.69) is 32.6 Å². The van der Waals surface area contributed by atoms with Crippen LogP contribution in [0.1, 0.15) is 82.4 Å². The van der Waals surface area contributed by atoms with Crippen LogP contribution in [0.5, 0.6) is 17.2 Å². The second kappa shape index (κ2) is 18.9. The molecule has 4 aromatic carbocycles. The molecule has 318 valence electrons. The smallest absolute Gasteiger partial charge is 0.262 e. The lowest BCUT2D eigenvalue weighted by atomic mass is 9.88. The number of allylic oxidation sites excluding steroid dienone is 1. The van der Waals surface area contributed by atoms with Gasteiger partial charge in [0.25, 0.3) is 11.8 Å². The van der Waals surface area contributed by atoms with Crippen molar-refractivity contribution in [1.29, 1.82) is 0 Å². The maximum atomic E-state index is 13.4. The zero-order valence-electron chi connectivity index (χ0n) is 34.2. The normalized spacial score (nSPS) is 20.4. The number of hydrogen-bond donors (Lipinski definition) is 4. The van der Waals surface area contributed by atoms with Crippen LogP contribution in [0.2, 0.25) is 0 Å². The highest BCUT2D eigenvalue weighted by Crippen LogP contribution is 2.37. The lowest BCUT2D eigenvalue weighted by molar-refractivity contribution is -0.136. The Bertz CT molecular complexity index is 2270. The lowest BCUT2D eigenvalue weighted by Gasteiger charge is -2.37. The molecular formula is C48H52ClN5O7. The predicted octanol–water partition coefficient (Wildman–Crippen LogP) is 6.44. The van der Waals surface area contributed by atoms with Crippen LogP contribution in [0.4, 0.5) is 5.69 Å². The number of amides is 4. The molecule has 12 nitrogen and oxygen atoms in total. The molecule has 4 amide bonds. The van der Waals surface area contributed by atoms with Gasteiger partial charge in [-0.3, -0.25) is 34.3 Å². The van der Waals surface area contributed by atoms with Crippen LogP contribution in [0.25, 0.3) is 11.1 Å². The molecule has 0 radical (unpaired) electrons. The van der Waals surface area contributed by atoms with Gasteiger partial charge < -0.3 is 25.2 Å². The Labute approximate surface area is 361 Å². The van der Waals surface area contributed by atoms with E-state index in [1.807, 2.05) is 42.5 Å². The minimum absolute atomic E-state index is 0.0925. The molecule has 3 fully saturated rings. The Balaban J connectivity index is 0.802. The number of phenols is 2. The summed E-state index contributed by atoms with van der Waals surface area (Å²) >= 11 is 6.31. The average Bonchev–Trinajstić information content (AvgIpc) is 3.52. The summed E-state index contributed by atoms with van der Waals surface area (Å²) in [7, 11) is 0. The van der Waals surface area contributed by atoms with E-state index in [0.717, 1.165) is 109 Å². The summed E-state index contributed by atoms with van der Waals surface area (Å²) in [4.78, 5) is 56.5. The number of nitrogens with zero attached hydrogens (tertiary/aromatic N) is 3. The number of rotatable bonds is 14. The number of likely N-dealkylation sites (tertiary alicyclic amines) is 1. The Morgan fingerprint density at radius 3 is 2.10 bits per heavy atom. The SMILES string of the molecule is O=C1CCC(N2C(=O)c3ccc(N4CCCC(NCC5CCN(CCOc6ccc(C(=C(CCCl)c7ccc(O)cc7)c7ccc(O)cc7)cc6)CC5)C4)cc3C2=O)C(=O)N1. The standard InChI is InChI=1S/C48H52ClN5O7/c49-22-19-40(32-3-10-37(55)11-4-32)45(33-5-12-38(56)13-6-33)34-7-14-39(15-8-34)61-27-26-52-24-20-31(21-25-52)29-50-35-2-1-23-53(30-35)36-9-16-41-42(28-36)48(60)54(47(41)59)43-17-18-44(57)51-46(43)58/h3-16,28,31,35,43,50,55-56H,1-2,17-27,29-30H2,(H,51,57,58). The summed E-state index contributed by atoms with van der Waals surface area (Å²) in [6, 6.07) is 27.1. The highest BCUT2D eigenvalue weighted by molar-refractivity contribution is 6.23. The number of carbonyl (C=O) groups excluding carboxylic acids is 4. The van der Waals surface area contributed by atoms with Crippen LogP contribution < -0.4 is 20.3 Å². The minimum Gasteiger partial charge on any atom is -0.508 e. The summed E-state index contributed by atoms with van der Waals surface area (Å²) in [5.74, 6) is 0.247. The molecule has 4 N–H and O–H groups in total. The lowest BCUT2D eigenvalue weighted by Crippen LogP contribution is -2.54. The van der Waals surface area contributed by atoms with Crippen LogP contribution in [0.3, 0.4) is 0 Å². The van der Waals surface area contributed by atoms with Gasteiger partial charge in [-0.2, -0.15) is 0 Å². The van der Waals surface area contributed by atoms with Crippen molar-refractivity contribution in [1.82, 2.24) is 20.4 Å². The number of alkyl halides is 1. The first-order valence-electron chi connectivity index (χ1n) is 21.3. The number of ether oxygens (including phenoxy) is 1. The van der Waals surface area contributed by atoms with Crippen molar-refractivity contribution in [3.63, 3.8) is 0 Å². The van der Waals surface area contributed by atoms with Crippen LogP contribution in [0, 0.1) is 5.92 Å². The number of hydrogen-bond acceptors (Lipinski definition) is 10. The van der Waals surface area contributed by atoms with Crippen molar-refractivity contribution >= 4 is 52.1 Å². The number of benzene rings is 4. The van der Waals surface area contributed by atoms with Gasteiger partial charge in [-0.05, 0) is 147 Å². The molecular weight excluding hydrogens is 794 g/mol. The zero-order chi connectivity index (χ0) is 42.5. The van der Waals surface area contributed by atoms with Crippen LogP contribution >= 0.6 is 11.6 Å². The monoisotopic (exact) mass is 845 g/mol. The van der Waals surface area contributed by atoms with E-state index in [0.29, 0.717) is 42.0 Å². The van der Waals surface area contributed by atoms with Gasteiger partial charge in [0.15, 0.2) is 0 Å². The fourth-order valence-corrected chi connectivity index (χ4v) is 9.29. The van der Waals surface area contributed by atoms with Crippen molar-refractivity contribution in [2.24, 2.45) is 5.92 Å². The fourth-order valence-electron chi connectivity index (χ4n) is 9.11. The van der Waals surface area contributed by atoms with E-state index in [4.69, 9.17) is 16.3 Å². The highest BCUT2D eigenvalue weighted by Gasteiger charge is 2.45. The Kier molecular flexibility index (Phi) is 13.0. The molecule has 0 aliphatic carbocycles. The molecule has 2 atom stereocenters. The summed E-state index contributed by atoms with van der Waals surface area (Å²) in [5, 5.41) is 26.0. The van der Waals surface area contributed by atoms with E-state index in [-0.39, 0.29) is 24.3 Å². The van der Waals surface area contributed by atoms with Crippen molar-refractivity contribution in [2.75, 3.05) is 56.7 Å². The van der Waals surface area contributed by atoms with Gasteiger partial charge in [0.1, 0.15) is 29.9 Å². The Morgan fingerprint density at radius 2 is 1.43 bits per heavy atom. The first-order chi connectivity index (χ1) is 29.6. The number of imide groups is 2. The highest BCUT2D eigenvalue weighted by atomic mass is 35.5. The number of phenolic OH excluding ortho intramolecular Hbond substituents is 2. The molecule has 0 spiro atoms. The molecule has 4 aromatic rings. The summed E-state index contributed by atoms with van der Waals surface area (Å²) in [5.41, 5.74) is 6.48. The summed E-state index contributed by atoms with van der Waals surface area (Å²) < 4.78 is 6.23. The molecule has 4 aliphatic heterocycles. The van der Waals surface area contributed by atoms with Crippen molar-refractivity contribution in [3.05, 3.63) is 119 Å². The second-order valence-corrected chi connectivity index (χ2v) is 16.8. The molecule has 0 bridgehead atoms. The van der Waals surface area contributed by atoms with Gasteiger partial charge in [-0.15, -0.1) is 11.6 Å². The number of halogens is 1. The van der Waals surface area contributed by atoms with Crippen LogP contribution in [0.15, 0.2) is 91.0 Å². The molecule has 4 heterocycles. The van der Waals surface area contributed by atoms with Crippen molar-refractivity contribution < 1.29 is 34.1 Å². The van der Waals surface area contributed by atoms with Crippen molar-refractivity contribution in [2.45, 2.75) is 57.0 Å². The third-order valence-corrected chi connectivity index (χ3v) is 12.6. The molecule has 61 heavy (non-hydrogen) atoms. The van der Waals surface area contributed by atoms with Crippen LogP contribution in [-0.4, -0.2) is 107 Å². The van der Waals surface area contributed by atoms with Crippen LogP contribution in [-0.2, 0) is 9.59 Å². The molecule has 0 saturated carbocycles. The number of nitrogens with one attached hydrogen (secondary N) is 2. The van der Waals surface area contributed by atoms with Gasteiger partial charge in [-0.25, -0.2) is 0 Å². The number of piperidine rings is 3. The van der Waals surface area contributed by atoms with Crippen molar-refractivity contribution in [3.8, 4) is 17.2 Å². The average molecular weight is 846 g/mol. The fraction of sp³-hybridized carbons (Fsp3) is 0.375. The molecule has 8 rings (SSSR count). The van der Waals surface area contributed by atoms with E-state index < -0.39 is 29.7 Å². The van der Waals surface area contributed by atoms with Gasteiger partial charge in [-0.1, -0.05) is 36.4 Å². The topological polar surface area (TPSA) is 152 Å². The summed E-state index contributed by atoms with van der Waals surface area (Å²) in [6.45, 7) is 6.08. The second-order valence-electron chi connectivity index (χ2n) is 16.4. The quantitative estimate of drug-likeness (QED) is 0.0635. The van der Waals surface area contributed by atoms with E-state index in [9.17, 15) is 29.4 Å².